The average Bonchev–Trinajstić information content (AvgIpc) is 3.08. The number of carbonyl (C=O) groups is 1. The number of ether oxygens (including phenoxy) is 1. The predicted octanol–water partition coefficient (Wildman–Crippen LogP) is 4.68. The van der Waals surface area contributed by atoms with E-state index in [-0.39, 0.29) is 0 Å². The molecular formula is C23H28N4O3. The minimum absolute atomic E-state index is 0.290. The number of esters is 1. The number of nitrogens with zero attached hydrogens (tertiary/aromatic N) is 3. The normalized spacial score (nSPS) is 15.4. The van der Waals surface area contributed by atoms with E-state index < -0.39 is 5.97 Å². The van der Waals surface area contributed by atoms with Crippen molar-refractivity contribution in [3.8, 4) is 0 Å². The van der Waals surface area contributed by atoms with Gasteiger partial charge >= 0.3 is 5.97 Å². The van der Waals surface area contributed by atoms with Crippen LogP contribution in [0.2, 0.25) is 0 Å². The first-order chi connectivity index (χ1) is 14.5. The number of carbonyl (C=O) groups excluding carboxylic acids is 1. The number of fused-ring (bicyclic) bond motifs is 1. The van der Waals surface area contributed by atoms with Crippen LogP contribution in [0, 0.1) is 12.8 Å². The quantitative estimate of drug-likeness (QED) is 0.593. The molecule has 0 spiro atoms. The van der Waals surface area contributed by atoms with Gasteiger partial charge < -0.3 is 14.5 Å². The van der Waals surface area contributed by atoms with Gasteiger partial charge in [-0.05, 0) is 63.4 Å². The molecule has 2 aromatic heterocycles. The van der Waals surface area contributed by atoms with E-state index in [4.69, 9.17) is 9.15 Å². The Kier molecular flexibility index (Phi) is 5.99. The summed E-state index contributed by atoms with van der Waals surface area (Å²) in [6.45, 7) is 9.42. The fourth-order valence-electron chi connectivity index (χ4n) is 3.90. The largest absolute Gasteiger partial charge is 0.462 e. The second-order valence-corrected chi connectivity index (χ2v) is 7.94. The van der Waals surface area contributed by atoms with Crippen LogP contribution in [0.4, 0.5) is 11.5 Å². The van der Waals surface area contributed by atoms with E-state index in [1.165, 1.54) is 24.7 Å². The molecule has 0 aliphatic carbocycles. The molecule has 0 radical (unpaired) electrons. The van der Waals surface area contributed by atoms with Crippen molar-refractivity contribution in [1.29, 1.82) is 0 Å². The number of hydrogen-bond acceptors (Lipinski definition) is 7. The van der Waals surface area contributed by atoms with Crippen LogP contribution in [0.1, 0.15) is 48.4 Å². The minimum Gasteiger partial charge on any atom is -0.462 e. The average molecular weight is 409 g/mol. The Bertz CT molecular complexity index is 1020. The van der Waals surface area contributed by atoms with Gasteiger partial charge in [0.25, 0.3) is 0 Å². The van der Waals surface area contributed by atoms with Gasteiger partial charge in [-0.3, -0.25) is 4.90 Å². The summed E-state index contributed by atoms with van der Waals surface area (Å²) in [6.07, 6.45) is 3.97. The molecule has 0 bridgehead atoms. The Labute approximate surface area is 176 Å². The first-order valence-electron chi connectivity index (χ1n) is 10.5. The zero-order valence-corrected chi connectivity index (χ0v) is 17.8. The summed E-state index contributed by atoms with van der Waals surface area (Å²) in [5.41, 5.74) is 2.91. The SMILES string of the molecule is CCOC(=O)c1c(C)oc2ncnc(Nc3ccc(CN4CCC(C)CC4)cc3)c12. The lowest BCUT2D eigenvalue weighted by molar-refractivity contribution is 0.0526. The highest BCUT2D eigenvalue weighted by atomic mass is 16.5. The summed E-state index contributed by atoms with van der Waals surface area (Å²) >= 11 is 0. The third-order valence-corrected chi connectivity index (χ3v) is 5.64. The maximum atomic E-state index is 12.4. The van der Waals surface area contributed by atoms with Crippen molar-refractivity contribution >= 4 is 28.6 Å². The van der Waals surface area contributed by atoms with Gasteiger partial charge in [-0.2, -0.15) is 0 Å². The maximum absolute atomic E-state index is 12.4. The van der Waals surface area contributed by atoms with Gasteiger partial charge in [-0.15, -0.1) is 0 Å². The van der Waals surface area contributed by atoms with Crippen molar-refractivity contribution in [3.05, 3.63) is 47.5 Å². The zero-order valence-electron chi connectivity index (χ0n) is 17.8. The Morgan fingerprint density at radius 1 is 1.23 bits per heavy atom. The molecule has 7 heteroatoms. The Morgan fingerprint density at radius 3 is 2.67 bits per heavy atom. The molecule has 1 N–H and O–H groups in total. The van der Waals surface area contributed by atoms with Gasteiger partial charge in [0.15, 0.2) is 0 Å². The molecule has 0 amide bonds. The van der Waals surface area contributed by atoms with Crippen molar-refractivity contribution in [1.82, 2.24) is 14.9 Å². The Hall–Kier alpha value is -2.93. The van der Waals surface area contributed by atoms with Crippen molar-refractivity contribution in [2.45, 2.75) is 40.2 Å². The van der Waals surface area contributed by atoms with Crippen molar-refractivity contribution in [2.75, 3.05) is 25.0 Å². The minimum atomic E-state index is -0.433. The molecule has 7 nitrogen and oxygen atoms in total. The van der Waals surface area contributed by atoms with Gasteiger partial charge in [0.2, 0.25) is 5.71 Å². The molecule has 1 fully saturated rings. The van der Waals surface area contributed by atoms with Crippen molar-refractivity contribution in [2.24, 2.45) is 5.92 Å². The van der Waals surface area contributed by atoms with Gasteiger partial charge in [0.05, 0.1) is 12.0 Å². The van der Waals surface area contributed by atoms with Crippen LogP contribution >= 0.6 is 0 Å². The second-order valence-electron chi connectivity index (χ2n) is 7.94. The maximum Gasteiger partial charge on any atom is 0.342 e. The number of likely N-dealkylation sites (tertiary alicyclic amines) is 1. The first-order valence-corrected chi connectivity index (χ1v) is 10.5. The summed E-state index contributed by atoms with van der Waals surface area (Å²) in [5, 5.41) is 3.84. The van der Waals surface area contributed by atoms with Gasteiger partial charge in [0, 0.05) is 12.2 Å². The number of aryl methyl sites for hydroxylation is 1. The topological polar surface area (TPSA) is 80.5 Å². The van der Waals surface area contributed by atoms with Crippen LogP contribution in [0.15, 0.2) is 35.0 Å². The van der Waals surface area contributed by atoms with Gasteiger partial charge in [-0.1, -0.05) is 19.1 Å². The molecule has 1 aliphatic rings. The van der Waals surface area contributed by atoms with E-state index in [2.05, 4.69) is 39.2 Å². The van der Waals surface area contributed by atoms with Crippen LogP contribution in [-0.4, -0.2) is 40.5 Å². The fourth-order valence-corrected chi connectivity index (χ4v) is 3.90. The molecule has 0 saturated carbocycles. The summed E-state index contributed by atoms with van der Waals surface area (Å²) in [4.78, 5) is 23.4. The van der Waals surface area contributed by atoms with E-state index in [0.717, 1.165) is 31.2 Å². The molecule has 1 saturated heterocycles. The molecule has 3 aromatic rings. The molecule has 1 aliphatic heterocycles. The van der Waals surface area contributed by atoms with Crippen LogP contribution < -0.4 is 5.32 Å². The second kappa shape index (κ2) is 8.83. The summed E-state index contributed by atoms with van der Waals surface area (Å²) < 4.78 is 10.8. The first kappa shape index (κ1) is 20.3. The van der Waals surface area contributed by atoms with E-state index in [9.17, 15) is 4.79 Å². The molecule has 30 heavy (non-hydrogen) atoms. The number of aromatic nitrogens is 2. The highest BCUT2D eigenvalue weighted by molar-refractivity contribution is 6.08. The van der Waals surface area contributed by atoms with Crippen molar-refractivity contribution < 1.29 is 13.9 Å². The lowest BCUT2D eigenvalue weighted by Crippen LogP contribution is -2.32. The monoisotopic (exact) mass is 408 g/mol. The number of rotatable bonds is 6. The van der Waals surface area contributed by atoms with Crippen LogP contribution in [-0.2, 0) is 11.3 Å². The summed E-state index contributed by atoms with van der Waals surface area (Å²) in [7, 11) is 0. The highest BCUT2D eigenvalue weighted by Crippen LogP contribution is 2.31. The van der Waals surface area contributed by atoms with Gasteiger partial charge in [-0.25, -0.2) is 14.8 Å². The summed E-state index contributed by atoms with van der Waals surface area (Å²) in [6, 6.07) is 8.33. The summed E-state index contributed by atoms with van der Waals surface area (Å²) in [5.74, 6) is 1.40. The molecular weight excluding hydrogens is 380 g/mol. The Balaban J connectivity index is 1.53. The molecule has 3 heterocycles. The molecule has 4 rings (SSSR count). The van der Waals surface area contributed by atoms with Gasteiger partial charge in [0.1, 0.15) is 23.5 Å². The van der Waals surface area contributed by atoms with Crippen LogP contribution in [0.3, 0.4) is 0 Å². The molecule has 0 unspecified atom stereocenters. The van der Waals surface area contributed by atoms with E-state index in [1.807, 2.05) is 12.1 Å². The van der Waals surface area contributed by atoms with Crippen LogP contribution in [0.25, 0.3) is 11.1 Å². The number of hydrogen-bond donors (Lipinski definition) is 1. The number of piperidine rings is 1. The van der Waals surface area contributed by atoms with E-state index in [1.54, 1.807) is 13.8 Å². The lowest BCUT2D eigenvalue weighted by Gasteiger charge is -2.30. The van der Waals surface area contributed by atoms with E-state index in [0.29, 0.717) is 34.8 Å². The predicted molar refractivity (Wildman–Crippen MR) is 116 cm³/mol. The molecule has 0 atom stereocenters. The smallest absolute Gasteiger partial charge is 0.342 e. The number of nitrogens with one attached hydrogen (secondary N) is 1. The Morgan fingerprint density at radius 2 is 1.97 bits per heavy atom. The number of benzene rings is 1. The number of furan rings is 1. The third kappa shape index (κ3) is 4.31. The lowest BCUT2D eigenvalue weighted by atomic mass is 9.99. The molecule has 158 valence electrons. The van der Waals surface area contributed by atoms with Crippen LogP contribution in [0.5, 0.6) is 0 Å². The fraction of sp³-hybridized carbons (Fsp3) is 0.435. The van der Waals surface area contributed by atoms with Crippen molar-refractivity contribution in [3.63, 3.8) is 0 Å². The number of anilines is 2. The standard InChI is InChI=1S/C23H28N4O3/c1-4-29-23(28)19-16(3)30-22-20(19)21(24-14-25-22)26-18-7-5-17(6-8-18)13-27-11-9-15(2)10-12-27/h5-8,14-15H,4,9-13H2,1-3H3,(H,24,25,26). The highest BCUT2D eigenvalue weighted by Gasteiger charge is 2.24. The molecule has 1 aromatic carbocycles. The van der Waals surface area contributed by atoms with E-state index >= 15 is 0 Å². The third-order valence-electron chi connectivity index (χ3n) is 5.64. The zero-order chi connectivity index (χ0) is 21.1.